The number of hydrogen-bond acceptors (Lipinski definition) is 3. The lowest BCUT2D eigenvalue weighted by atomic mass is 9.99. The first-order chi connectivity index (χ1) is 9.16. The Bertz CT molecular complexity index is 440. The number of carbonyl (C=O) groups excluding carboxylic acids is 1. The molecule has 0 atom stereocenters. The number of rotatable bonds is 5. The van der Waals surface area contributed by atoms with Crippen LogP contribution >= 0.6 is 0 Å². The largest absolute Gasteiger partial charge is 0.376 e. The minimum atomic E-state index is -0.384. The van der Waals surface area contributed by atoms with Crippen LogP contribution in [0, 0.1) is 12.8 Å². The Hall–Kier alpha value is -1.39. The first kappa shape index (κ1) is 14.0. The van der Waals surface area contributed by atoms with Crippen LogP contribution in [0.4, 0.5) is 0 Å². The number of nitrogens with two attached hydrogens (primary N) is 1. The highest BCUT2D eigenvalue weighted by atomic mass is 16.5. The molecule has 0 saturated carbocycles. The van der Waals surface area contributed by atoms with Crippen LogP contribution in [0.15, 0.2) is 18.2 Å². The maximum atomic E-state index is 11.1. The zero-order valence-electron chi connectivity index (χ0n) is 11.4. The van der Waals surface area contributed by atoms with Gasteiger partial charge in [0.05, 0.1) is 6.61 Å². The molecule has 19 heavy (non-hydrogen) atoms. The van der Waals surface area contributed by atoms with Crippen molar-refractivity contribution in [1.82, 2.24) is 5.32 Å². The van der Waals surface area contributed by atoms with Crippen LogP contribution in [-0.4, -0.2) is 25.6 Å². The van der Waals surface area contributed by atoms with E-state index >= 15 is 0 Å². The fourth-order valence-corrected chi connectivity index (χ4v) is 2.40. The molecule has 1 saturated heterocycles. The molecule has 1 heterocycles. The Labute approximate surface area is 114 Å². The van der Waals surface area contributed by atoms with Gasteiger partial charge in [-0.1, -0.05) is 6.07 Å². The monoisotopic (exact) mass is 262 g/mol. The molecule has 0 unspecified atom stereocenters. The normalized spacial score (nSPS) is 16.5. The topological polar surface area (TPSA) is 64.4 Å². The van der Waals surface area contributed by atoms with Crippen LogP contribution in [0.5, 0.6) is 0 Å². The molecule has 0 bridgehead atoms. The van der Waals surface area contributed by atoms with E-state index in [4.69, 9.17) is 10.5 Å². The van der Waals surface area contributed by atoms with E-state index in [2.05, 4.69) is 5.32 Å². The molecule has 0 radical (unpaired) electrons. The fraction of sp³-hybridized carbons (Fsp3) is 0.533. The summed E-state index contributed by atoms with van der Waals surface area (Å²) < 4.78 is 5.80. The SMILES string of the molecule is Cc1cc(C(N)=O)ccc1COCC1CCNCC1. The second-order valence-electron chi connectivity index (χ2n) is 5.21. The van der Waals surface area contributed by atoms with E-state index in [0.29, 0.717) is 18.1 Å². The summed E-state index contributed by atoms with van der Waals surface area (Å²) in [7, 11) is 0. The van der Waals surface area contributed by atoms with Crippen LogP contribution in [0.25, 0.3) is 0 Å². The van der Waals surface area contributed by atoms with Crippen LogP contribution < -0.4 is 11.1 Å². The van der Waals surface area contributed by atoms with E-state index in [9.17, 15) is 4.79 Å². The first-order valence-electron chi connectivity index (χ1n) is 6.84. The smallest absolute Gasteiger partial charge is 0.248 e. The number of amides is 1. The molecule has 0 aromatic heterocycles. The molecule has 1 aliphatic rings. The maximum absolute atomic E-state index is 11.1. The van der Waals surface area contributed by atoms with Gasteiger partial charge >= 0.3 is 0 Å². The summed E-state index contributed by atoms with van der Waals surface area (Å²) >= 11 is 0. The third-order valence-corrected chi connectivity index (χ3v) is 3.70. The van der Waals surface area contributed by atoms with Crippen molar-refractivity contribution in [2.75, 3.05) is 19.7 Å². The number of aryl methyl sites for hydroxylation is 1. The van der Waals surface area contributed by atoms with Gasteiger partial charge in [0.15, 0.2) is 0 Å². The lowest BCUT2D eigenvalue weighted by Crippen LogP contribution is -2.29. The van der Waals surface area contributed by atoms with E-state index in [0.717, 1.165) is 30.8 Å². The summed E-state index contributed by atoms with van der Waals surface area (Å²) in [6.45, 7) is 5.60. The highest BCUT2D eigenvalue weighted by molar-refractivity contribution is 5.93. The van der Waals surface area contributed by atoms with Gasteiger partial charge in [-0.2, -0.15) is 0 Å². The lowest BCUT2D eigenvalue weighted by Gasteiger charge is -2.22. The molecule has 1 aromatic carbocycles. The van der Waals surface area contributed by atoms with E-state index in [-0.39, 0.29) is 5.91 Å². The molecule has 2 rings (SSSR count). The highest BCUT2D eigenvalue weighted by Gasteiger charge is 2.13. The third kappa shape index (κ3) is 4.04. The summed E-state index contributed by atoms with van der Waals surface area (Å²) in [5, 5.41) is 3.35. The van der Waals surface area contributed by atoms with Crippen LogP contribution in [0.2, 0.25) is 0 Å². The first-order valence-corrected chi connectivity index (χ1v) is 6.84. The molecule has 4 nitrogen and oxygen atoms in total. The van der Waals surface area contributed by atoms with E-state index in [1.54, 1.807) is 6.07 Å². The highest BCUT2D eigenvalue weighted by Crippen LogP contribution is 2.15. The van der Waals surface area contributed by atoms with Gasteiger partial charge in [0, 0.05) is 12.2 Å². The second-order valence-corrected chi connectivity index (χ2v) is 5.21. The molecular weight excluding hydrogens is 240 g/mol. The Morgan fingerprint density at radius 3 is 2.79 bits per heavy atom. The zero-order chi connectivity index (χ0) is 13.7. The van der Waals surface area contributed by atoms with Crippen molar-refractivity contribution >= 4 is 5.91 Å². The van der Waals surface area contributed by atoms with Crippen molar-refractivity contribution in [2.45, 2.75) is 26.4 Å². The summed E-state index contributed by atoms with van der Waals surface area (Å²) in [6.07, 6.45) is 2.39. The Morgan fingerprint density at radius 2 is 2.16 bits per heavy atom. The van der Waals surface area contributed by atoms with Gasteiger partial charge < -0.3 is 15.8 Å². The van der Waals surface area contributed by atoms with Gasteiger partial charge in [-0.3, -0.25) is 4.79 Å². The Kier molecular flexibility index (Phi) is 4.93. The van der Waals surface area contributed by atoms with Crippen LogP contribution in [0.3, 0.4) is 0 Å². The molecule has 1 aliphatic heterocycles. The Morgan fingerprint density at radius 1 is 1.42 bits per heavy atom. The van der Waals surface area contributed by atoms with Crippen molar-refractivity contribution in [2.24, 2.45) is 11.7 Å². The molecule has 3 N–H and O–H groups in total. The number of hydrogen-bond donors (Lipinski definition) is 2. The summed E-state index contributed by atoms with van der Waals surface area (Å²) in [5.74, 6) is 0.289. The third-order valence-electron chi connectivity index (χ3n) is 3.70. The predicted octanol–water partition coefficient (Wildman–Crippen LogP) is 1.61. The number of benzene rings is 1. The van der Waals surface area contributed by atoms with Crippen molar-refractivity contribution < 1.29 is 9.53 Å². The molecular formula is C15H22N2O2. The van der Waals surface area contributed by atoms with Gasteiger partial charge in [-0.25, -0.2) is 0 Å². The van der Waals surface area contributed by atoms with Gasteiger partial charge in [0.1, 0.15) is 0 Å². The fourth-order valence-electron chi connectivity index (χ4n) is 2.40. The number of nitrogens with one attached hydrogen (secondary N) is 1. The van der Waals surface area contributed by atoms with Gasteiger partial charge in [-0.15, -0.1) is 0 Å². The molecule has 4 heteroatoms. The van der Waals surface area contributed by atoms with Crippen molar-refractivity contribution in [3.63, 3.8) is 0 Å². The number of ether oxygens (including phenoxy) is 1. The number of carbonyl (C=O) groups is 1. The minimum absolute atomic E-state index is 0.384. The zero-order valence-corrected chi connectivity index (χ0v) is 11.4. The molecule has 0 spiro atoms. The van der Waals surface area contributed by atoms with Gasteiger partial charge in [0.25, 0.3) is 0 Å². The Balaban J connectivity index is 1.83. The molecule has 1 fully saturated rings. The summed E-state index contributed by atoms with van der Waals surface area (Å²) in [4.78, 5) is 11.1. The average Bonchev–Trinajstić information content (AvgIpc) is 2.41. The molecule has 0 aliphatic carbocycles. The van der Waals surface area contributed by atoms with Crippen LogP contribution in [-0.2, 0) is 11.3 Å². The number of primary amides is 1. The van der Waals surface area contributed by atoms with E-state index < -0.39 is 0 Å². The second kappa shape index (κ2) is 6.68. The molecule has 1 amide bonds. The average molecular weight is 262 g/mol. The predicted molar refractivity (Wildman–Crippen MR) is 74.9 cm³/mol. The summed E-state index contributed by atoms with van der Waals surface area (Å²) in [6, 6.07) is 5.52. The quantitative estimate of drug-likeness (QED) is 0.847. The standard InChI is InChI=1S/C15H22N2O2/c1-11-8-13(15(16)18)2-3-14(11)10-19-9-12-4-6-17-7-5-12/h2-3,8,12,17H,4-7,9-10H2,1H3,(H2,16,18). The van der Waals surface area contributed by atoms with Crippen molar-refractivity contribution in [3.8, 4) is 0 Å². The maximum Gasteiger partial charge on any atom is 0.248 e. The van der Waals surface area contributed by atoms with Crippen molar-refractivity contribution in [3.05, 3.63) is 34.9 Å². The lowest BCUT2D eigenvalue weighted by molar-refractivity contribution is 0.0760. The van der Waals surface area contributed by atoms with Crippen LogP contribution in [0.1, 0.15) is 34.3 Å². The van der Waals surface area contributed by atoms with Gasteiger partial charge in [0.2, 0.25) is 5.91 Å². The number of piperidine rings is 1. The van der Waals surface area contributed by atoms with E-state index in [1.165, 1.54) is 12.8 Å². The molecule has 104 valence electrons. The van der Waals surface area contributed by atoms with Gasteiger partial charge in [-0.05, 0) is 62.0 Å². The van der Waals surface area contributed by atoms with E-state index in [1.807, 2.05) is 19.1 Å². The summed E-state index contributed by atoms with van der Waals surface area (Å²) in [5.41, 5.74) is 7.99. The minimum Gasteiger partial charge on any atom is -0.376 e. The van der Waals surface area contributed by atoms with Crippen molar-refractivity contribution in [1.29, 1.82) is 0 Å². The molecule has 1 aromatic rings.